The maximum atomic E-state index is 14.0. The van der Waals surface area contributed by atoms with Gasteiger partial charge in [-0.05, 0) is 94.2 Å². The van der Waals surface area contributed by atoms with Crippen LogP contribution in [0.25, 0.3) is 11.3 Å². The molecular formula is C39H52N6O4S. The van der Waals surface area contributed by atoms with Crippen LogP contribution in [0.2, 0.25) is 0 Å². The van der Waals surface area contributed by atoms with E-state index in [0.717, 1.165) is 40.1 Å². The lowest BCUT2D eigenvalue weighted by Gasteiger charge is -2.33. The predicted molar refractivity (Wildman–Crippen MR) is 199 cm³/mol. The van der Waals surface area contributed by atoms with E-state index in [1.807, 2.05) is 65.1 Å². The van der Waals surface area contributed by atoms with Gasteiger partial charge in [0.15, 0.2) is 0 Å². The first-order valence-electron chi connectivity index (χ1n) is 17.4. The lowest BCUT2D eigenvalue weighted by Crippen LogP contribution is -2.29. The van der Waals surface area contributed by atoms with Crippen LogP contribution in [0, 0.1) is 25.2 Å². The standard InChI is InChI=1S/C39H52N6O4S/c1-24(2)45(10)34-17-18-40-33(41-34)20-32-28-14-12-16-31(19-28)50(46,47)44-38-42-36(35-26(5)13-11-15-29(35)22-48-25(3)4)27(6)37(43-38)49-23-30(32)21-39(7,8)9/h11-19,24-25,30,32H,20-23H2,1-10H3,(H,42,43,44)/t30-,32?/m1/s1. The van der Waals surface area contributed by atoms with Crippen LogP contribution >= 0.6 is 0 Å². The molecule has 11 heteroatoms. The molecule has 2 atom stereocenters. The summed E-state index contributed by atoms with van der Waals surface area (Å²) >= 11 is 0. The summed E-state index contributed by atoms with van der Waals surface area (Å²) in [7, 11) is -2.05. The SMILES string of the molecule is Cc1cccc(COC(C)C)c1-c1nc2nc(c1C)OC[C@@H](CC(C)(C)C)C(Cc1nccc(N(C)C(C)C)n1)c1cccc(c1)S(=O)(=O)N2. The van der Waals surface area contributed by atoms with Crippen molar-refractivity contribution in [2.24, 2.45) is 11.3 Å². The summed E-state index contributed by atoms with van der Waals surface area (Å²) in [4.78, 5) is 21.4. The van der Waals surface area contributed by atoms with E-state index in [4.69, 9.17) is 19.4 Å². The number of aromatic nitrogens is 4. The zero-order chi connectivity index (χ0) is 36.4. The topological polar surface area (TPSA) is 119 Å². The van der Waals surface area contributed by atoms with Crippen LogP contribution in [-0.2, 0) is 27.8 Å². The van der Waals surface area contributed by atoms with Gasteiger partial charge in [-0.2, -0.15) is 4.98 Å². The molecule has 0 spiro atoms. The Balaban J connectivity index is 1.66. The Hall–Kier alpha value is -4.09. The Morgan fingerprint density at radius 1 is 1.02 bits per heavy atom. The van der Waals surface area contributed by atoms with Crippen molar-refractivity contribution in [1.82, 2.24) is 19.9 Å². The van der Waals surface area contributed by atoms with Crippen molar-refractivity contribution in [3.63, 3.8) is 0 Å². The van der Waals surface area contributed by atoms with Crippen molar-refractivity contribution in [3.8, 4) is 17.1 Å². The van der Waals surface area contributed by atoms with Crippen molar-refractivity contribution in [2.75, 3.05) is 23.3 Å². The molecule has 4 aromatic rings. The molecule has 10 nitrogen and oxygen atoms in total. The molecular weight excluding hydrogens is 649 g/mol. The third-order valence-corrected chi connectivity index (χ3v) is 10.5. The van der Waals surface area contributed by atoms with Gasteiger partial charge in [-0.3, -0.25) is 0 Å². The second-order valence-electron chi connectivity index (χ2n) is 15.2. The maximum Gasteiger partial charge on any atom is 0.264 e. The molecule has 4 bridgehead atoms. The number of benzene rings is 2. The summed E-state index contributed by atoms with van der Waals surface area (Å²) in [5.41, 5.74) is 4.96. The number of rotatable bonds is 9. The van der Waals surface area contributed by atoms with Gasteiger partial charge in [0.05, 0.1) is 29.9 Å². The van der Waals surface area contributed by atoms with E-state index in [-0.39, 0.29) is 40.2 Å². The number of sulfonamides is 1. The summed E-state index contributed by atoms with van der Waals surface area (Å²) in [6, 6.07) is 15.4. The molecule has 1 unspecified atom stereocenters. The number of hydrogen-bond donors (Lipinski definition) is 1. The van der Waals surface area contributed by atoms with E-state index in [2.05, 4.69) is 54.2 Å². The molecule has 1 N–H and O–H groups in total. The van der Waals surface area contributed by atoms with Crippen molar-refractivity contribution < 1.29 is 17.9 Å². The van der Waals surface area contributed by atoms with E-state index in [1.54, 1.807) is 24.4 Å². The molecule has 0 amide bonds. The molecule has 1 aliphatic rings. The molecule has 1 aliphatic heterocycles. The highest BCUT2D eigenvalue weighted by Crippen LogP contribution is 2.40. The summed E-state index contributed by atoms with van der Waals surface area (Å²) in [6.45, 7) is 19.6. The van der Waals surface area contributed by atoms with Gasteiger partial charge < -0.3 is 14.4 Å². The molecule has 0 aliphatic carbocycles. The Morgan fingerprint density at radius 3 is 2.46 bits per heavy atom. The highest BCUT2D eigenvalue weighted by molar-refractivity contribution is 7.92. The zero-order valence-corrected chi connectivity index (χ0v) is 31.9. The van der Waals surface area contributed by atoms with Crippen LogP contribution in [0.15, 0.2) is 59.6 Å². The Morgan fingerprint density at radius 2 is 1.76 bits per heavy atom. The van der Waals surface area contributed by atoms with E-state index in [1.165, 1.54) is 0 Å². The molecule has 5 rings (SSSR count). The van der Waals surface area contributed by atoms with Gasteiger partial charge in [0.2, 0.25) is 11.8 Å². The average Bonchev–Trinajstić information content (AvgIpc) is 3.04. The highest BCUT2D eigenvalue weighted by atomic mass is 32.2. The molecule has 2 aromatic heterocycles. The summed E-state index contributed by atoms with van der Waals surface area (Å²) in [6.07, 6.45) is 3.14. The van der Waals surface area contributed by atoms with Crippen LogP contribution in [-0.4, -0.2) is 54.2 Å². The molecule has 3 heterocycles. The fraction of sp³-hybridized carbons (Fsp3) is 0.487. The lowest BCUT2D eigenvalue weighted by molar-refractivity contribution is 0.0659. The van der Waals surface area contributed by atoms with Crippen molar-refractivity contribution >= 4 is 21.8 Å². The lowest BCUT2D eigenvalue weighted by atomic mass is 9.75. The molecule has 0 saturated carbocycles. The number of ether oxygens (including phenoxy) is 2. The van der Waals surface area contributed by atoms with E-state index >= 15 is 0 Å². The molecule has 0 radical (unpaired) electrons. The third-order valence-electron chi connectivity index (χ3n) is 9.20. The minimum absolute atomic E-state index is 0.0362. The number of hydrogen-bond acceptors (Lipinski definition) is 9. The van der Waals surface area contributed by atoms with Crippen LogP contribution in [0.5, 0.6) is 5.88 Å². The van der Waals surface area contributed by atoms with Crippen molar-refractivity contribution in [1.29, 1.82) is 0 Å². The van der Waals surface area contributed by atoms with Crippen LogP contribution in [0.1, 0.15) is 88.9 Å². The smallest absolute Gasteiger partial charge is 0.264 e. The number of fused-ring (bicyclic) bond motifs is 4. The number of nitrogens with one attached hydrogen (secondary N) is 1. The molecule has 0 fully saturated rings. The van der Waals surface area contributed by atoms with Gasteiger partial charge >= 0.3 is 0 Å². The van der Waals surface area contributed by atoms with Gasteiger partial charge in [0.25, 0.3) is 10.0 Å². The second kappa shape index (κ2) is 15.0. The fourth-order valence-corrected chi connectivity index (χ4v) is 7.45. The van der Waals surface area contributed by atoms with Gasteiger partial charge in [-0.25, -0.2) is 28.1 Å². The van der Waals surface area contributed by atoms with E-state index in [0.29, 0.717) is 37.0 Å². The fourth-order valence-electron chi connectivity index (χ4n) is 6.45. The molecule has 0 saturated heterocycles. The van der Waals surface area contributed by atoms with Gasteiger partial charge in [0.1, 0.15) is 11.6 Å². The van der Waals surface area contributed by atoms with Gasteiger partial charge in [-0.1, -0.05) is 51.1 Å². The number of anilines is 2. The number of nitrogens with zero attached hydrogens (tertiary/aromatic N) is 5. The van der Waals surface area contributed by atoms with E-state index < -0.39 is 10.0 Å². The monoisotopic (exact) mass is 700 g/mol. The number of aryl methyl sites for hydroxylation is 1. The van der Waals surface area contributed by atoms with Crippen LogP contribution in [0.3, 0.4) is 0 Å². The maximum absolute atomic E-state index is 14.0. The summed E-state index contributed by atoms with van der Waals surface area (Å²) in [5.74, 6) is 1.63. The minimum atomic E-state index is -4.07. The largest absolute Gasteiger partial charge is 0.477 e. The highest BCUT2D eigenvalue weighted by Gasteiger charge is 2.32. The zero-order valence-electron chi connectivity index (χ0n) is 31.1. The predicted octanol–water partition coefficient (Wildman–Crippen LogP) is 7.89. The molecule has 268 valence electrons. The van der Waals surface area contributed by atoms with Gasteiger partial charge in [0, 0.05) is 42.8 Å². The second-order valence-corrected chi connectivity index (χ2v) is 16.8. The third kappa shape index (κ3) is 8.79. The Kier molecular flexibility index (Phi) is 11.2. The van der Waals surface area contributed by atoms with Crippen LogP contribution in [0.4, 0.5) is 11.8 Å². The first kappa shape index (κ1) is 37.2. The van der Waals surface area contributed by atoms with E-state index in [9.17, 15) is 8.42 Å². The molecule has 50 heavy (non-hydrogen) atoms. The van der Waals surface area contributed by atoms with Crippen LogP contribution < -0.4 is 14.4 Å². The first-order valence-corrected chi connectivity index (χ1v) is 18.9. The summed E-state index contributed by atoms with van der Waals surface area (Å²) < 4.78 is 43.4. The van der Waals surface area contributed by atoms with Crippen molar-refractivity contribution in [2.45, 2.75) is 105 Å². The molecule has 2 aromatic carbocycles. The van der Waals surface area contributed by atoms with Crippen molar-refractivity contribution in [3.05, 3.63) is 82.8 Å². The average molecular weight is 701 g/mol. The normalized spacial score (nSPS) is 17.4. The Bertz CT molecular complexity index is 1920. The minimum Gasteiger partial charge on any atom is -0.477 e. The quantitative estimate of drug-likeness (QED) is 0.186. The first-order chi connectivity index (χ1) is 23.5. The Labute approximate surface area is 298 Å². The van der Waals surface area contributed by atoms with Gasteiger partial charge in [-0.15, -0.1) is 0 Å². The summed E-state index contributed by atoms with van der Waals surface area (Å²) in [5, 5.41) is 0.